The molecule has 0 aromatic carbocycles. The molecule has 21 heavy (non-hydrogen) atoms. The van der Waals surface area contributed by atoms with Crippen molar-refractivity contribution in [1.82, 2.24) is 5.32 Å². The molecule has 126 valence electrons. The highest BCUT2D eigenvalue weighted by Gasteiger charge is 2.17. The van der Waals surface area contributed by atoms with Gasteiger partial charge in [-0.2, -0.15) is 0 Å². The van der Waals surface area contributed by atoms with Crippen LogP contribution in [0.25, 0.3) is 0 Å². The van der Waals surface area contributed by atoms with E-state index in [0.717, 1.165) is 31.7 Å². The number of hydrogen-bond donors (Lipinski definition) is 1. The molecule has 0 heterocycles. The first-order valence-corrected chi connectivity index (χ1v) is 10.8. The normalized spacial score (nSPS) is 18.8. The van der Waals surface area contributed by atoms with Crippen LogP contribution in [-0.4, -0.2) is 32.5 Å². The molecule has 0 aromatic heterocycles. The van der Waals surface area contributed by atoms with Crippen LogP contribution in [-0.2, 0) is 9.84 Å². The average molecular weight is 318 g/mol. The van der Waals surface area contributed by atoms with Gasteiger partial charge in [0.05, 0.1) is 5.75 Å². The lowest BCUT2D eigenvalue weighted by atomic mass is 9.85. The maximum absolute atomic E-state index is 11.6. The van der Waals surface area contributed by atoms with Crippen LogP contribution in [0.15, 0.2) is 0 Å². The predicted molar refractivity (Wildman–Crippen MR) is 91.5 cm³/mol. The zero-order chi connectivity index (χ0) is 15.6. The van der Waals surface area contributed by atoms with Crippen molar-refractivity contribution in [1.29, 1.82) is 0 Å². The van der Waals surface area contributed by atoms with Gasteiger partial charge in [-0.25, -0.2) is 8.42 Å². The molecule has 0 aromatic rings. The fourth-order valence-corrected chi connectivity index (χ4v) is 4.20. The van der Waals surface area contributed by atoms with Crippen molar-refractivity contribution in [2.24, 2.45) is 5.92 Å². The summed E-state index contributed by atoms with van der Waals surface area (Å²) < 4.78 is 23.2. The summed E-state index contributed by atoms with van der Waals surface area (Å²) in [6.07, 6.45) is 12.6. The van der Waals surface area contributed by atoms with Gasteiger partial charge in [0.15, 0.2) is 0 Å². The zero-order valence-corrected chi connectivity index (χ0v) is 14.9. The number of hydrogen-bond acceptors (Lipinski definition) is 3. The molecule has 1 aliphatic carbocycles. The molecule has 0 radical (unpaired) electrons. The molecular formula is C17H35NO2S. The van der Waals surface area contributed by atoms with E-state index in [-0.39, 0.29) is 5.75 Å². The Kier molecular flexibility index (Phi) is 9.57. The minimum atomic E-state index is -2.80. The van der Waals surface area contributed by atoms with Crippen molar-refractivity contribution in [3.8, 4) is 0 Å². The first-order valence-electron chi connectivity index (χ1n) is 9.01. The highest BCUT2D eigenvalue weighted by Crippen LogP contribution is 2.28. The molecular weight excluding hydrogens is 282 g/mol. The van der Waals surface area contributed by atoms with Crippen LogP contribution in [0.3, 0.4) is 0 Å². The standard InChI is InChI=1S/C17H35NO2S/c1-3-14-18-17(11-8-15-21(19,20)4-2)13-12-16-9-6-5-7-10-16/h16-18H,3-15H2,1-2H3. The van der Waals surface area contributed by atoms with E-state index in [1.807, 2.05) is 0 Å². The summed E-state index contributed by atoms with van der Waals surface area (Å²) in [6, 6.07) is 0.513. The summed E-state index contributed by atoms with van der Waals surface area (Å²) in [5, 5.41) is 3.62. The van der Waals surface area contributed by atoms with Crippen molar-refractivity contribution in [3.63, 3.8) is 0 Å². The van der Waals surface area contributed by atoms with Crippen LogP contribution in [0, 0.1) is 5.92 Å². The van der Waals surface area contributed by atoms with E-state index in [0.29, 0.717) is 11.8 Å². The molecule has 0 saturated heterocycles. The van der Waals surface area contributed by atoms with Crippen molar-refractivity contribution in [3.05, 3.63) is 0 Å². The van der Waals surface area contributed by atoms with E-state index >= 15 is 0 Å². The summed E-state index contributed by atoms with van der Waals surface area (Å²) in [5.74, 6) is 1.56. The van der Waals surface area contributed by atoms with Gasteiger partial charge in [0, 0.05) is 11.8 Å². The van der Waals surface area contributed by atoms with E-state index in [2.05, 4.69) is 12.2 Å². The van der Waals surface area contributed by atoms with Gasteiger partial charge in [-0.15, -0.1) is 0 Å². The quantitative estimate of drug-likeness (QED) is 0.628. The van der Waals surface area contributed by atoms with Crippen molar-refractivity contribution < 1.29 is 8.42 Å². The van der Waals surface area contributed by atoms with Crippen LogP contribution in [0.2, 0.25) is 0 Å². The molecule has 1 atom stereocenters. The predicted octanol–water partition coefficient (Wildman–Crippen LogP) is 3.93. The molecule has 0 bridgehead atoms. The fraction of sp³-hybridized carbons (Fsp3) is 1.00. The van der Waals surface area contributed by atoms with Crippen LogP contribution >= 0.6 is 0 Å². The molecule has 1 N–H and O–H groups in total. The summed E-state index contributed by atoms with van der Waals surface area (Å²) in [6.45, 7) is 4.98. The molecule has 1 fully saturated rings. The molecule has 3 nitrogen and oxygen atoms in total. The molecule has 4 heteroatoms. The molecule has 1 saturated carbocycles. The van der Waals surface area contributed by atoms with Gasteiger partial charge in [0.1, 0.15) is 9.84 Å². The van der Waals surface area contributed by atoms with Crippen LogP contribution < -0.4 is 5.32 Å². The average Bonchev–Trinajstić information content (AvgIpc) is 2.50. The number of sulfone groups is 1. The van der Waals surface area contributed by atoms with Gasteiger partial charge >= 0.3 is 0 Å². The second-order valence-electron chi connectivity index (χ2n) is 6.61. The SMILES string of the molecule is CCCNC(CCCS(=O)(=O)CC)CCC1CCCCC1. The molecule has 1 rings (SSSR count). The largest absolute Gasteiger partial charge is 0.314 e. The second kappa shape index (κ2) is 10.6. The van der Waals surface area contributed by atoms with Crippen LogP contribution in [0.5, 0.6) is 0 Å². The van der Waals surface area contributed by atoms with E-state index in [4.69, 9.17) is 0 Å². The molecule has 0 aliphatic heterocycles. The maximum Gasteiger partial charge on any atom is 0.150 e. The third-order valence-corrected chi connectivity index (χ3v) is 6.57. The van der Waals surface area contributed by atoms with Gasteiger partial charge in [-0.1, -0.05) is 46.0 Å². The minimum Gasteiger partial charge on any atom is -0.314 e. The first kappa shape index (κ1) is 19.0. The summed E-state index contributed by atoms with van der Waals surface area (Å²) >= 11 is 0. The van der Waals surface area contributed by atoms with Gasteiger partial charge in [0.2, 0.25) is 0 Å². The number of rotatable bonds is 11. The van der Waals surface area contributed by atoms with Gasteiger partial charge in [-0.3, -0.25) is 0 Å². The second-order valence-corrected chi connectivity index (χ2v) is 9.08. The first-order chi connectivity index (χ1) is 10.1. The van der Waals surface area contributed by atoms with Crippen molar-refractivity contribution in [2.45, 2.75) is 84.1 Å². The lowest BCUT2D eigenvalue weighted by Crippen LogP contribution is -2.31. The Hall–Kier alpha value is -0.0900. The van der Waals surface area contributed by atoms with E-state index in [1.54, 1.807) is 6.92 Å². The lowest BCUT2D eigenvalue weighted by molar-refractivity contribution is 0.308. The van der Waals surface area contributed by atoms with Gasteiger partial charge in [-0.05, 0) is 44.6 Å². The summed E-state index contributed by atoms with van der Waals surface area (Å²) in [4.78, 5) is 0. The van der Waals surface area contributed by atoms with E-state index < -0.39 is 9.84 Å². The maximum atomic E-state index is 11.6. The Morgan fingerprint density at radius 3 is 2.43 bits per heavy atom. The van der Waals surface area contributed by atoms with Gasteiger partial charge in [0.25, 0.3) is 0 Å². The Bertz CT molecular complexity index is 348. The minimum absolute atomic E-state index is 0.280. The summed E-state index contributed by atoms with van der Waals surface area (Å²) in [5.41, 5.74) is 0. The molecule has 1 unspecified atom stereocenters. The number of nitrogens with one attached hydrogen (secondary N) is 1. The zero-order valence-electron chi connectivity index (χ0n) is 14.1. The van der Waals surface area contributed by atoms with Crippen LogP contribution in [0.4, 0.5) is 0 Å². The third-order valence-electron chi connectivity index (χ3n) is 4.78. The molecule has 1 aliphatic rings. The fourth-order valence-electron chi connectivity index (χ4n) is 3.30. The van der Waals surface area contributed by atoms with Gasteiger partial charge < -0.3 is 5.32 Å². The van der Waals surface area contributed by atoms with Crippen LogP contribution in [0.1, 0.15) is 78.1 Å². The third kappa shape index (κ3) is 8.82. The van der Waals surface area contributed by atoms with E-state index in [9.17, 15) is 8.42 Å². The lowest BCUT2D eigenvalue weighted by Gasteiger charge is -2.25. The Morgan fingerprint density at radius 2 is 1.81 bits per heavy atom. The Morgan fingerprint density at radius 1 is 1.10 bits per heavy atom. The molecule has 0 amide bonds. The van der Waals surface area contributed by atoms with E-state index in [1.165, 1.54) is 44.9 Å². The monoisotopic (exact) mass is 317 g/mol. The highest BCUT2D eigenvalue weighted by molar-refractivity contribution is 7.91. The highest BCUT2D eigenvalue weighted by atomic mass is 32.2. The smallest absolute Gasteiger partial charge is 0.150 e. The van der Waals surface area contributed by atoms with Crippen molar-refractivity contribution in [2.75, 3.05) is 18.1 Å². The molecule has 0 spiro atoms. The topological polar surface area (TPSA) is 46.2 Å². The van der Waals surface area contributed by atoms with Crippen molar-refractivity contribution >= 4 is 9.84 Å². The Balaban J connectivity index is 2.28. The summed E-state index contributed by atoms with van der Waals surface area (Å²) in [7, 11) is -2.80. The Labute approximate surface area is 132 Å².